The van der Waals surface area contributed by atoms with E-state index in [1.54, 1.807) is 21.3 Å². The van der Waals surface area contributed by atoms with Crippen molar-refractivity contribution in [2.24, 2.45) is 0 Å². The van der Waals surface area contributed by atoms with E-state index in [2.05, 4.69) is 0 Å². The highest BCUT2D eigenvalue weighted by molar-refractivity contribution is 6.61. The molecule has 6 nitrogen and oxygen atoms in total. The van der Waals surface area contributed by atoms with Crippen LogP contribution < -0.4 is 0 Å². The van der Waals surface area contributed by atoms with Gasteiger partial charge in [0, 0.05) is 59.1 Å². The molecule has 0 atom stereocenters. The van der Waals surface area contributed by atoms with Crippen LogP contribution in [-0.4, -0.2) is 71.3 Å². The predicted octanol–water partition coefficient (Wildman–Crippen LogP) is 5.06. The first-order valence-corrected chi connectivity index (χ1v) is 14.6. The molecule has 0 saturated carbocycles. The Balaban J connectivity index is 0. The van der Waals surface area contributed by atoms with E-state index in [-0.39, 0.29) is 6.67 Å². The molecule has 172 valence electrons. The summed E-state index contributed by atoms with van der Waals surface area (Å²) in [6.07, 6.45) is 4.10. The molecule has 0 amide bonds. The monoisotopic (exact) mass is 464 g/mol. The minimum absolute atomic E-state index is 0.338. The van der Waals surface area contributed by atoms with Crippen LogP contribution in [0.2, 0.25) is 12.1 Å². The van der Waals surface area contributed by atoms with Crippen molar-refractivity contribution in [2.45, 2.75) is 65.0 Å². The van der Waals surface area contributed by atoms with Gasteiger partial charge < -0.3 is 26.6 Å². The fourth-order valence-electron chi connectivity index (χ4n) is 2.24. The van der Waals surface area contributed by atoms with E-state index in [1.807, 2.05) is 20.8 Å². The summed E-state index contributed by atoms with van der Waals surface area (Å²) in [5.74, 6) is 0.616. The molecule has 0 aromatic rings. The molecule has 0 unspecified atom stereocenters. The fraction of sp³-hybridized carbons (Fsp3) is 1.00. The SMILES string of the molecule is CCCO[Si](CCCF)(OCCC)OCCC.CO[Si](CCCCl)(OC)OC. The molecule has 0 N–H and O–H groups in total. The summed E-state index contributed by atoms with van der Waals surface area (Å²) in [5.41, 5.74) is 0. The molecule has 0 spiro atoms. The van der Waals surface area contributed by atoms with Crippen molar-refractivity contribution in [1.29, 1.82) is 0 Å². The van der Waals surface area contributed by atoms with E-state index in [4.69, 9.17) is 38.2 Å². The highest BCUT2D eigenvalue weighted by atomic mass is 35.5. The van der Waals surface area contributed by atoms with Crippen LogP contribution in [0.4, 0.5) is 4.39 Å². The summed E-state index contributed by atoms with van der Waals surface area (Å²) < 4.78 is 45.3. The van der Waals surface area contributed by atoms with Gasteiger partial charge in [0.25, 0.3) is 0 Å². The summed E-state index contributed by atoms with van der Waals surface area (Å²) in [6, 6.07) is 1.36. The molecule has 0 bridgehead atoms. The van der Waals surface area contributed by atoms with E-state index < -0.39 is 17.6 Å². The molecule has 0 aliphatic carbocycles. The van der Waals surface area contributed by atoms with Gasteiger partial charge in [-0.3, -0.25) is 4.39 Å². The van der Waals surface area contributed by atoms with Crippen molar-refractivity contribution in [3.63, 3.8) is 0 Å². The first-order chi connectivity index (χ1) is 13.5. The van der Waals surface area contributed by atoms with Crippen molar-refractivity contribution in [3.05, 3.63) is 0 Å². The van der Waals surface area contributed by atoms with Crippen LogP contribution in [0.3, 0.4) is 0 Å². The molecule has 28 heavy (non-hydrogen) atoms. The predicted molar refractivity (Wildman–Crippen MR) is 117 cm³/mol. The van der Waals surface area contributed by atoms with Crippen LogP contribution in [0.1, 0.15) is 52.9 Å². The number of hydrogen-bond acceptors (Lipinski definition) is 6. The Bertz CT molecular complexity index is 283. The molecule has 0 aromatic carbocycles. The summed E-state index contributed by atoms with van der Waals surface area (Å²) in [7, 11) is -0.128. The number of halogens is 2. The zero-order valence-electron chi connectivity index (χ0n) is 18.7. The summed E-state index contributed by atoms with van der Waals surface area (Å²) in [5, 5.41) is 0. The Morgan fingerprint density at radius 3 is 1.36 bits per heavy atom. The summed E-state index contributed by atoms with van der Waals surface area (Å²) in [4.78, 5) is 0. The number of rotatable bonds is 18. The second-order valence-corrected chi connectivity index (χ2v) is 12.3. The van der Waals surface area contributed by atoms with Crippen LogP contribution in [0.15, 0.2) is 0 Å². The molecular weight excluding hydrogens is 423 g/mol. The Morgan fingerprint density at radius 2 is 1.07 bits per heavy atom. The van der Waals surface area contributed by atoms with Gasteiger partial charge in [0.2, 0.25) is 0 Å². The molecular formula is C18H42ClFO6Si2. The summed E-state index contributed by atoms with van der Waals surface area (Å²) in [6.45, 7) is 7.70. The Labute approximate surface area is 179 Å². The lowest BCUT2D eigenvalue weighted by Crippen LogP contribution is -2.46. The maximum absolute atomic E-state index is 12.3. The van der Waals surface area contributed by atoms with Gasteiger partial charge in [0.05, 0.1) is 6.67 Å². The third kappa shape index (κ3) is 14.4. The van der Waals surface area contributed by atoms with Crippen molar-refractivity contribution in [3.8, 4) is 0 Å². The number of hydrogen-bond donors (Lipinski definition) is 0. The zero-order valence-corrected chi connectivity index (χ0v) is 21.4. The van der Waals surface area contributed by atoms with Crippen LogP contribution in [0.25, 0.3) is 0 Å². The van der Waals surface area contributed by atoms with Crippen LogP contribution >= 0.6 is 11.6 Å². The van der Waals surface area contributed by atoms with E-state index in [0.717, 1.165) is 31.7 Å². The minimum atomic E-state index is -2.62. The molecule has 0 fully saturated rings. The lowest BCUT2D eigenvalue weighted by atomic mass is 10.5. The molecule has 0 saturated heterocycles. The van der Waals surface area contributed by atoms with E-state index in [9.17, 15) is 4.39 Å². The number of alkyl halides is 2. The quantitative estimate of drug-likeness (QED) is 0.209. The standard InChI is InChI=1S/C12H27FO3Si.C6H15ClO3Si/c1-4-9-14-17(12-7-8-13,15-10-5-2)16-11-6-3;1-8-11(9-2,10-3)6-4-5-7/h4-12H2,1-3H3;4-6H2,1-3H3. The highest BCUT2D eigenvalue weighted by Crippen LogP contribution is 2.19. The van der Waals surface area contributed by atoms with Gasteiger partial charge in [0.1, 0.15) is 0 Å². The van der Waals surface area contributed by atoms with Gasteiger partial charge in [-0.15, -0.1) is 11.6 Å². The average molecular weight is 465 g/mol. The van der Waals surface area contributed by atoms with E-state index in [0.29, 0.717) is 38.2 Å². The lowest BCUT2D eigenvalue weighted by molar-refractivity contribution is 0.0583. The maximum Gasteiger partial charge on any atom is 0.501 e. The van der Waals surface area contributed by atoms with Crippen molar-refractivity contribution >= 4 is 29.2 Å². The van der Waals surface area contributed by atoms with Crippen LogP contribution in [-0.2, 0) is 26.6 Å². The van der Waals surface area contributed by atoms with Crippen LogP contribution in [0.5, 0.6) is 0 Å². The molecule has 10 heteroatoms. The van der Waals surface area contributed by atoms with Crippen molar-refractivity contribution in [2.75, 3.05) is 53.7 Å². The van der Waals surface area contributed by atoms with Crippen LogP contribution in [0, 0.1) is 0 Å². The van der Waals surface area contributed by atoms with Gasteiger partial charge >= 0.3 is 17.6 Å². The maximum atomic E-state index is 12.3. The third-order valence-electron chi connectivity index (χ3n) is 3.74. The average Bonchev–Trinajstić information content (AvgIpc) is 2.74. The van der Waals surface area contributed by atoms with Gasteiger partial charge in [-0.1, -0.05) is 20.8 Å². The third-order valence-corrected chi connectivity index (χ3v) is 9.74. The Morgan fingerprint density at radius 1 is 0.679 bits per heavy atom. The normalized spacial score (nSPS) is 12.0. The lowest BCUT2D eigenvalue weighted by Gasteiger charge is -2.29. The largest absolute Gasteiger partial charge is 0.501 e. The molecule has 0 heterocycles. The highest BCUT2D eigenvalue weighted by Gasteiger charge is 2.40. The Hall–Kier alpha value is 0.414. The summed E-state index contributed by atoms with van der Waals surface area (Å²) >= 11 is 5.53. The molecule has 0 rings (SSSR count). The first kappa shape index (κ1) is 30.6. The van der Waals surface area contributed by atoms with Gasteiger partial charge in [-0.2, -0.15) is 0 Å². The zero-order chi connectivity index (χ0) is 21.7. The van der Waals surface area contributed by atoms with E-state index in [1.165, 1.54) is 0 Å². The molecule has 0 radical (unpaired) electrons. The van der Waals surface area contributed by atoms with E-state index >= 15 is 0 Å². The molecule has 0 aliphatic heterocycles. The topological polar surface area (TPSA) is 55.4 Å². The fourth-order valence-corrected chi connectivity index (χ4v) is 7.11. The Kier molecular flexibility index (Phi) is 22.6. The second kappa shape index (κ2) is 20.7. The van der Waals surface area contributed by atoms with Crippen molar-refractivity contribution in [1.82, 2.24) is 0 Å². The van der Waals surface area contributed by atoms with Gasteiger partial charge in [-0.25, -0.2) is 0 Å². The van der Waals surface area contributed by atoms with Gasteiger partial charge in [-0.05, 0) is 32.1 Å². The van der Waals surface area contributed by atoms with Crippen molar-refractivity contribution < 1.29 is 30.9 Å². The smallest absolute Gasteiger partial charge is 0.377 e. The van der Waals surface area contributed by atoms with Gasteiger partial charge in [0.15, 0.2) is 0 Å². The molecule has 0 aromatic heterocycles. The minimum Gasteiger partial charge on any atom is -0.377 e. The molecule has 0 aliphatic rings. The first-order valence-electron chi connectivity index (χ1n) is 10.2. The second-order valence-electron chi connectivity index (χ2n) is 6.11.